The molecule has 5 aromatic rings. The molecule has 106 heavy (non-hydrogen) atoms. The Labute approximate surface area is 637 Å². The Morgan fingerprint density at radius 1 is 0.425 bits per heavy atom. The van der Waals surface area contributed by atoms with Crippen molar-refractivity contribution >= 4 is 11.9 Å². The van der Waals surface area contributed by atoms with Crippen LogP contribution in [0.15, 0.2) is 62.9 Å². The zero-order valence-corrected chi connectivity index (χ0v) is 71.8. The van der Waals surface area contributed by atoms with Crippen molar-refractivity contribution in [1.29, 1.82) is 0 Å². The molecule has 0 saturated carbocycles. The minimum Gasteiger partial charge on any atom is -0.507 e. The molecule has 4 unspecified atom stereocenters. The second-order valence-corrected chi connectivity index (χ2v) is 42.0. The van der Waals surface area contributed by atoms with Crippen molar-refractivity contribution in [2.75, 3.05) is 14.1 Å². The number of ether oxygens (including phenoxy) is 2. The van der Waals surface area contributed by atoms with E-state index < -0.39 is 107 Å². The van der Waals surface area contributed by atoms with Crippen molar-refractivity contribution in [2.24, 2.45) is 5.92 Å². The normalized spacial score (nSPS) is 19.5. The van der Waals surface area contributed by atoms with Gasteiger partial charge in [0.25, 0.3) is 0 Å². The summed E-state index contributed by atoms with van der Waals surface area (Å²) in [5.74, 6) is -2.58. The maximum Gasteiger partial charge on any atom is 0.336 e. The van der Waals surface area contributed by atoms with Gasteiger partial charge in [0.1, 0.15) is 35.2 Å². The largest absolute Gasteiger partial charge is 0.507 e. The zero-order chi connectivity index (χ0) is 80.9. The molecule has 0 bridgehead atoms. The van der Waals surface area contributed by atoms with Crippen LogP contribution in [0.1, 0.15) is 345 Å². The number of aromatic nitrogens is 3. The van der Waals surface area contributed by atoms with E-state index in [1.54, 1.807) is 0 Å². The third kappa shape index (κ3) is 18.6. The van der Waals surface area contributed by atoms with Gasteiger partial charge in [0.2, 0.25) is 0 Å². The van der Waals surface area contributed by atoms with Crippen molar-refractivity contribution in [3.63, 3.8) is 0 Å². The topological polar surface area (TPSA) is 206 Å². The number of esters is 2. The van der Waals surface area contributed by atoms with Gasteiger partial charge in [0, 0.05) is 59.3 Å². The summed E-state index contributed by atoms with van der Waals surface area (Å²) in [4.78, 5) is 82.7. The van der Waals surface area contributed by atoms with E-state index in [1.165, 1.54) is 0 Å². The zero-order valence-electron chi connectivity index (χ0n) is 71.8. The second kappa shape index (κ2) is 29.6. The van der Waals surface area contributed by atoms with Gasteiger partial charge in [-0.15, -0.1) is 0 Å². The Kier molecular flexibility index (Phi) is 24.2. The summed E-state index contributed by atoms with van der Waals surface area (Å²) in [7, 11) is 4.23. The molecular weight excluding hydrogens is 1330 g/mol. The average Bonchev–Trinajstić information content (AvgIpc) is 0.747. The van der Waals surface area contributed by atoms with E-state index in [2.05, 4.69) is 135 Å². The fourth-order valence-electron chi connectivity index (χ4n) is 16.8. The van der Waals surface area contributed by atoms with Crippen LogP contribution in [0.4, 0.5) is 0 Å². The van der Waals surface area contributed by atoms with Gasteiger partial charge in [0.05, 0.1) is 19.6 Å². The number of unbranched alkanes of at least 4 members (excludes halogenated alkanes) is 1. The molecular formula is C90H139N5O11. The van der Waals surface area contributed by atoms with Gasteiger partial charge >= 0.3 is 29.0 Å². The minimum absolute atomic E-state index is 0.0966. The van der Waals surface area contributed by atoms with E-state index in [9.17, 15) is 20.4 Å². The molecule has 7 rings (SSSR count). The van der Waals surface area contributed by atoms with E-state index in [4.69, 9.17) is 9.47 Å². The van der Waals surface area contributed by atoms with Crippen LogP contribution in [0.5, 0.6) is 23.0 Å². The Hall–Kier alpha value is -6.65. The molecule has 4 atom stereocenters. The number of phenolic OH excluding ortho intramolecular Hbond substituents is 4. The SMILES string of the molecule is CCCCC(c1cc(C(C)(C)C)c(O)c(C(C)(C)C)c1)C(C(=O)OC1CC(C)(C)N(C)C(C)(C)C1)C(=O)OC1CC(C)(C)N(C)C(C)(CCC(C)(C)c2cc(Cn3c(=O)n(Cc4cc(C(C)(C)C)c(O)c(C(C)(C)C)c4)c(=O)n(Cc4cc(C(C)(C)C)c(O)c(C(C)(C)C)c4)c3=O)cc(C(C)(C)C)c2O)C1. The molecule has 3 heterocycles. The van der Waals surface area contributed by atoms with Gasteiger partial charge in [-0.2, -0.15) is 0 Å². The number of phenols is 4. The molecule has 1 aromatic heterocycles. The first-order valence-electron chi connectivity index (χ1n) is 39.1. The van der Waals surface area contributed by atoms with Gasteiger partial charge in [0.15, 0.2) is 5.92 Å². The maximum absolute atomic E-state index is 15.9. The lowest BCUT2D eigenvalue weighted by atomic mass is 9.70. The number of hydrogen-bond acceptors (Lipinski definition) is 13. The molecule has 16 nitrogen and oxygen atoms in total. The highest BCUT2D eigenvalue weighted by Gasteiger charge is 2.51. The van der Waals surface area contributed by atoms with Crippen LogP contribution in [0.3, 0.4) is 0 Å². The van der Waals surface area contributed by atoms with Gasteiger partial charge in [-0.1, -0.05) is 191 Å². The van der Waals surface area contributed by atoms with E-state index in [0.717, 1.165) is 43.2 Å². The second-order valence-electron chi connectivity index (χ2n) is 42.0. The summed E-state index contributed by atoms with van der Waals surface area (Å²) in [6, 6.07) is 15.1. The van der Waals surface area contributed by atoms with E-state index in [1.807, 2.05) is 152 Å². The third-order valence-electron chi connectivity index (χ3n) is 23.9. The van der Waals surface area contributed by atoms with Gasteiger partial charge in [-0.25, -0.2) is 28.1 Å². The predicted molar refractivity (Wildman–Crippen MR) is 432 cm³/mol. The fourth-order valence-corrected chi connectivity index (χ4v) is 16.8. The van der Waals surface area contributed by atoms with Crippen molar-refractivity contribution in [3.05, 3.63) is 147 Å². The van der Waals surface area contributed by atoms with E-state index in [-0.39, 0.29) is 53.7 Å². The van der Waals surface area contributed by atoms with E-state index in [0.29, 0.717) is 95.0 Å². The van der Waals surface area contributed by atoms with E-state index >= 15 is 24.0 Å². The van der Waals surface area contributed by atoms with Gasteiger partial charge in [-0.3, -0.25) is 19.4 Å². The third-order valence-corrected chi connectivity index (χ3v) is 23.9. The summed E-state index contributed by atoms with van der Waals surface area (Å²) in [6.45, 7) is 63.2. The Morgan fingerprint density at radius 3 is 0.981 bits per heavy atom. The lowest BCUT2D eigenvalue weighted by Gasteiger charge is -2.55. The number of benzene rings is 4. The number of nitrogens with zero attached hydrogens (tertiary/aromatic N) is 5. The first-order chi connectivity index (χ1) is 47.8. The average molecular weight is 1470 g/mol. The molecule has 4 N–H and O–H groups in total. The molecule has 4 aromatic carbocycles. The highest BCUT2D eigenvalue weighted by Crippen LogP contribution is 2.50. The van der Waals surface area contributed by atoms with Gasteiger partial charge in [-0.05, 0) is 223 Å². The summed E-state index contributed by atoms with van der Waals surface area (Å²) in [6.07, 6.45) is 4.12. The molecule has 2 saturated heterocycles. The molecule has 0 spiro atoms. The molecule has 590 valence electrons. The number of aromatic hydroxyl groups is 4. The molecule has 0 radical (unpaired) electrons. The highest BCUT2D eigenvalue weighted by molar-refractivity contribution is 5.96. The quantitative estimate of drug-likeness (QED) is 0.0449. The summed E-state index contributed by atoms with van der Waals surface area (Å²) >= 11 is 0. The number of carbonyl (C=O) groups excluding carboxylic acids is 2. The molecule has 2 fully saturated rings. The minimum atomic E-state index is -1.32. The Morgan fingerprint density at radius 2 is 0.689 bits per heavy atom. The monoisotopic (exact) mass is 1470 g/mol. The van der Waals surface area contributed by atoms with Crippen LogP contribution in [0.2, 0.25) is 0 Å². The molecule has 0 amide bonds. The lowest BCUT2D eigenvalue weighted by molar-refractivity contribution is -0.179. The Balaban J connectivity index is 1.34. The fraction of sp³-hybridized carbons (Fsp3) is 0.678. The van der Waals surface area contributed by atoms with Crippen molar-refractivity contribution in [1.82, 2.24) is 23.5 Å². The van der Waals surface area contributed by atoms with Crippen LogP contribution in [0.25, 0.3) is 0 Å². The predicted octanol–water partition coefficient (Wildman–Crippen LogP) is 18.2. The van der Waals surface area contributed by atoms with Crippen molar-refractivity contribution < 1.29 is 39.5 Å². The smallest absolute Gasteiger partial charge is 0.336 e. The summed E-state index contributed by atoms with van der Waals surface area (Å²) in [5.41, 5.74) is -0.836. The van der Waals surface area contributed by atoms with Crippen LogP contribution in [0, 0.1) is 5.92 Å². The van der Waals surface area contributed by atoms with Crippen LogP contribution in [-0.4, -0.2) is 104 Å². The van der Waals surface area contributed by atoms with Crippen LogP contribution >= 0.6 is 0 Å². The highest BCUT2D eigenvalue weighted by atomic mass is 16.6. The van der Waals surface area contributed by atoms with Crippen LogP contribution in [-0.2, 0) is 82.0 Å². The van der Waals surface area contributed by atoms with Crippen molar-refractivity contribution in [3.8, 4) is 23.0 Å². The molecule has 2 aliphatic heterocycles. The van der Waals surface area contributed by atoms with Crippen LogP contribution < -0.4 is 17.1 Å². The summed E-state index contributed by atoms with van der Waals surface area (Å²) in [5, 5.41) is 48.4. The molecule has 16 heteroatoms. The summed E-state index contributed by atoms with van der Waals surface area (Å²) < 4.78 is 17.0. The van der Waals surface area contributed by atoms with Gasteiger partial charge < -0.3 is 29.9 Å². The number of likely N-dealkylation sites (tertiary alicyclic amines) is 2. The molecule has 0 aliphatic carbocycles. The number of rotatable bonds is 19. The van der Waals surface area contributed by atoms with Crippen molar-refractivity contribution in [2.45, 2.75) is 376 Å². The standard InChI is InChI=1S/C90H139N5O11/c1-34-35-36-60(57-45-66(84(17,18)19)72(98)67(46-57)85(20,21)22)69(74(100)105-58-47-87(25,26)91(32)88(27,28)48-58)75(101)106-59-49-89(29,30)92(33)90(31,50-59)38-37-86(23,24)68-44-56(43-65(73(68)99)83(14,15)16)53-95-77(103)93(51-54-39-61(79(2,3)4)70(96)62(40-54)80(5,6)7)76(102)94(78(95)104)52-55-41-63(81(8,9)10)71(97)64(42-55)82(11,12)13/h39-46,58-60,69,96-99H,34-38,47-53H2,1-33H3. The number of carbonyl (C=O) groups is 2. The number of hydrogen-bond donors (Lipinski definition) is 4. The maximum atomic E-state index is 15.9. The lowest BCUT2D eigenvalue weighted by Crippen LogP contribution is -2.62. The number of piperidine rings is 2. The Bertz CT molecular complexity index is 4030. The molecule has 2 aliphatic rings. The first-order valence-corrected chi connectivity index (χ1v) is 39.1. The first kappa shape index (κ1) is 86.6.